The minimum absolute atomic E-state index is 0.379. The average molecular weight is 336 g/mol. The summed E-state index contributed by atoms with van der Waals surface area (Å²) in [6.07, 6.45) is -3.34. The Kier molecular flexibility index (Phi) is 5.95. The first-order valence-electron chi connectivity index (χ1n) is 7.54. The van der Waals surface area contributed by atoms with E-state index in [1.165, 1.54) is 6.07 Å². The van der Waals surface area contributed by atoms with Gasteiger partial charge >= 0.3 is 6.18 Å². The number of hydrogen-bond acceptors (Lipinski definition) is 3. The highest BCUT2D eigenvalue weighted by Crippen LogP contribution is 2.27. The monoisotopic (exact) mass is 336 g/mol. The summed E-state index contributed by atoms with van der Waals surface area (Å²) in [4.78, 5) is 8.05. The van der Waals surface area contributed by atoms with Gasteiger partial charge in [0.15, 0.2) is 0 Å². The highest BCUT2D eigenvalue weighted by Gasteiger charge is 2.32. The van der Waals surface area contributed by atoms with Crippen LogP contribution in [0, 0.1) is 0 Å². The lowest BCUT2D eigenvalue weighted by molar-refractivity contribution is -0.141. The third kappa shape index (κ3) is 5.37. The molecule has 0 saturated carbocycles. The summed E-state index contributed by atoms with van der Waals surface area (Å²) in [5.74, 6) is 0.795. The van der Waals surface area contributed by atoms with Crippen LogP contribution in [0.5, 0.6) is 5.75 Å². The predicted octanol–water partition coefficient (Wildman–Crippen LogP) is 4.36. The topological polar surface area (TPSA) is 34.5 Å². The van der Waals surface area contributed by atoms with Gasteiger partial charge in [-0.3, -0.25) is 4.99 Å². The SMILES string of the molecule is COc1ccc(CC(C)=NCCc2cccc(C(F)(F)F)n2)cc1. The minimum atomic E-state index is -4.41. The Morgan fingerprint density at radius 2 is 1.83 bits per heavy atom. The molecule has 24 heavy (non-hydrogen) atoms. The number of hydrogen-bond donors (Lipinski definition) is 0. The van der Waals surface area contributed by atoms with Gasteiger partial charge in [0.25, 0.3) is 0 Å². The summed E-state index contributed by atoms with van der Waals surface area (Å²) in [6, 6.07) is 11.6. The van der Waals surface area contributed by atoms with Gasteiger partial charge in [0.05, 0.1) is 7.11 Å². The summed E-state index contributed by atoms with van der Waals surface area (Å²) < 4.78 is 43.0. The quantitative estimate of drug-likeness (QED) is 0.735. The number of aromatic nitrogens is 1. The molecule has 0 spiro atoms. The molecule has 1 heterocycles. The molecule has 2 aromatic rings. The molecular formula is C18H19F3N2O. The van der Waals surface area contributed by atoms with E-state index < -0.39 is 11.9 Å². The van der Waals surface area contributed by atoms with Crippen molar-refractivity contribution in [1.29, 1.82) is 0 Å². The number of alkyl halides is 3. The van der Waals surface area contributed by atoms with Gasteiger partial charge in [-0.2, -0.15) is 13.2 Å². The smallest absolute Gasteiger partial charge is 0.433 e. The van der Waals surface area contributed by atoms with Gasteiger partial charge in [0.1, 0.15) is 11.4 Å². The normalized spacial score (nSPS) is 12.3. The Morgan fingerprint density at radius 1 is 1.12 bits per heavy atom. The van der Waals surface area contributed by atoms with E-state index >= 15 is 0 Å². The fourth-order valence-electron chi connectivity index (χ4n) is 2.23. The van der Waals surface area contributed by atoms with Crippen molar-refractivity contribution in [3.63, 3.8) is 0 Å². The van der Waals surface area contributed by atoms with Crippen LogP contribution in [0.1, 0.15) is 23.9 Å². The first-order chi connectivity index (χ1) is 11.4. The summed E-state index contributed by atoms with van der Waals surface area (Å²) in [5, 5.41) is 0. The molecule has 2 rings (SSSR count). The number of aliphatic imine (C=N–C) groups is 1. The minimum Gasteiger partial charge on any atom is -0.497 e. The van der Waals surface area contributed by atoms with Gasteiger partial charge in [-0.05, 0) is 36.8 Å². The van der Waals surface area contributed by atoms with Crippen LogP contribution in [0.2, 0.25) is 0 Å². The number of benzene rings is 1. The van der Waals surface area contributed by atoms with Crippen LogP contribution in [-0.2, 0) is 19.0 Å². The second kappa shape index (κ2) is 7.95. The Balaban J connectivity index is 1.91. The van der Waals surface area contributed by atoms with E-state index in [0.29, 0.717) is 25.1 Å². The first kappa shape index (κ1) is 18.0. The van der Waals surface area contributed by atoms with E-state index in [2.05, 4.69) is 9.98 Å². The molecule has 1 aromatic heterocycles. The zero-order chi connectivity index (χ0) is 17.6. The third-order valence-electron chi connectivity index (χ3n) is 3.47. The van der Waals surface area contributed by atoms with Crippen molar-refractivity contribution in [2.75, 3.05) is 13.7 Å². The largest absolute Gasteiger partial charge is 0.497 e. The lowest BCUT2D eigenvalue weighted by Crippen LogP contribution is -2.09. The summed E-state index contributed by atoms with van der Waals surface area (Å²) in [6.45, 7) is 2.32. The Bertz CT molecular complexity index is 694. The maximum atomic E-state index is 12.6. The van der Waals surface area contributed by atoms with E-state index in [1.54, 1.807) is 13.2 Å². The van der Waals surface area contributed by atoms with Crippen LogP contribution < -0.4 is 4.74 Å². The van der Waals surface area contributed by atoms with Crippen LogP contribution in [0.15, 0.2) is 47.5 Å². The molecule has 0 N–H and O–H groups in total. The number of pyridine rings is 1. The summed E-state index contributed by atoms with van der Waals surface area (Å²) >= 11 is 0. The van der Waals surface area contributed by atoms with Crippen LogP contribution in [-0.4, -0.2) is 24.4 Å². The molecule has 0 saturated heterocycles. The number of methoxy groups -OCH3 is 1. The summed E-state index contributed by atoms with van der Waals surface area (Å²) in [7, 11) is 1.61. The van der Waals surface area contributed by atoms with Crippen molar-refractivity contribution in [2.45, 2.75) is 25.9 Å². The van der Waals surface area contributed by atoms with Crippen molar-refractivity contribution < 1.29 is 17.9 Å². The van der Waals surface area contributed by atoms with Crippen LogP contribution in [0.3, 0.4) is 0 Å². The van der Waals surface area contributed by atoms with Crippen LogP contribution >= 0.6 is 0 Å². The fraction of sp³-hybridized carbons (Fsp3) is 0.333. The van der Waals surface area contributed by atoms with Gasteiger partial charge in [0, 0.05) is 30.8 Å². The molecule has 3 nitrogen and oxygen atoms in total. The predicted molar refractivity (Wildman–Crippen MR) is 87.6 cm³/mol. The lowest BCUT2D eigenvalue weighted by atomic mass is 10.1. The van der Waals surface area contributed by atoms with Gasteiger partial charge in [-0.25, -0.2) is 4.98 Å². The standard InChI is InChI=1S/C18H19F3N2O/c1-13(12-14-6-8-16(24-2)9-7-14)22-11-10-15-4-3-5-17(23-15)18(19,20)21/h3-9H,10-12H2,1-2H3. The molecule has 0 amide bonds. The van der Waals surface area contributed by atoms with Crippen molar-refractivity contribution in [3.05, 3.63) is 59.4 Å². The van der Waals surface area contributed by atoms with Gasteiger partial charge in [0.2, 0.25) is 0 Å². The van der Waals surface area contributed by atoms with E-state index in [4.69, 9.17) is 4.74 Å². The van der Waals surface area contributed by atoms with E-state index in [0.717, 1.165) is 23.1 Å². The maximum absolute atomic E-state index is 12.6. The van der Waals surface area contributed by atoms with E-state index in [9.17, 15) is 13.2 Å². The highest BCUT2D eigenvalue weighted by atomic mass is 19.4. The number of ether oxygens (including phenoxy) is 1. The Hall–Kier alpha value is -2.37. The van der Waals surface area contributed by atoms with E-state index in [1.807, 2.05) is 31.2 Å². The average Bonchev–Trinajstić information content (AvgIpc) is 2.55. The Labute approximate surface area is 139 Å². The fourth-order valence-corrected chi connectivity index (χ4v) is 2.23. The molecule has 0 aliphatic rings. The molecule has 1 aromatic carbocycles. The number of halogens is 3. The molecule has 0 atom stereocenters. The van der Waals surface area contributed by atoms with Crippen molar-refractivity contribution >= 4 is 5.71 Å². The molecular weight excluding hydrogens is 317 g/mol. The maximum Gasteiger partial charge on any atom is 0.433 e. The highest BCUT2D eigenvalue weighted by molar-refractivity contribution is 5.84. The van der Waals surface area contributed by atoms with Gasteiger partial charge < -0.3 is 4.74 Å². The molecule has 0 unspecified atom stereocenters. The van der Waals surface area contributed by atoms with Crippen molar-refractivity contribution in [1.82, 2.24) is 4.98 Å². The zero-order valence-corrected chi connectivity index (χ0v) is 13.6. The summed E-state index contributed by atoms with van der Waals surface area (Å²) in [5.41, 5.74) is 1.56. The number of nitrogens with zero attached hydrogens (tertiary/aromatic N) is 2. The molecule has 0 fully saturated rings. The third-order valence-corrected chi connectivity index (χ3v) is 3.47. The lowest BCUT2D eigenvalue weighted by Gasteiger charge is -2.07. The Morgan fingerprint density at radius 3 is 2.46 bits per heavy atom. The molecule has 0 bridgehead atoms. The van der Waals surface area contributed by atoms with Gasteiger partial charge in [-0.1, -0.05) is 18.2 Å². The molecule has 0 aliphatic heterocycles. The molecule has 6 heteroatoms. The molecule has 0 aliphatic carbocycles. The van der Waals surface area contributed by atoms with Crippen LogP contribution in [0.25, 0.3) is 0 Å². The first-order valence-corrected chi connectivity index (χ1v) is 7.54. The zero-order valence-electron chi connectivity index (χ0n) is 13.6. The molecule has 128 valence electrons. The molecule has 0 radical (unpaired) electrons. The van der Waals surface area contributed by atoms with E-state index in [-0.39, 0.29) is 0 Å². The number of rotatable bonds is 6. The second-order valence-electron chi connectivity index (χ2n) is 5.40. The van der Waals surface area contributed by atoms with Crippen LogP contribution in [0.4, 0.5) is 13.2 Å². The van der Waals surface area contributed by atoms with Crippen molar-refractivity contribution in [3.8, 4) is 5.75 Å². The second-order valence-corrected chi connectivity index (χ2v) is 5.40. The van der Waals surface area contributed by atoms with Crippen molar-refractivity contribution in [2.24, 2.45) is 4.99 Å². The van der Waals surface area contributed by atoms with Gasteiger partial charge in [-0.15, -0.1) is 0 Å².